The van der Waals surface area contributed by atoms with Gasteiger partial charge in [0.25, 0.3) is 5.91 Å². The van der Waals surface area contributed by atoms with E-state index in [1.807, 2.05) is 6.07 Å². The van der Waals surface area contributed by atoms with Gasteiger partial charge >= 0.3 is 5.97 Å². The molecule has 1 aliphatic heterocycles. The number of piperidine rings is 1. The summed E-state index contributed by atoms with van der Waals surface area (Å²) in [6.07, 6.45) is 1.37. The van der Waals surface area contributed by atoms with E-state index in [1.54, 1.807) is 23.6 Å². The lowest BCUT2D eigenvalue weighted by atomic mass is 9.97. The van der Waals surface area contributed by atoms with Gasteiger partial charge in [0.1, 0.15) is 5.01 Å². The SMILES string of the molecule is NC(=O)[C@H]1CCCN(C(=O)COC(=O)c2csc(-c3cccc(Cl)c3)n2)C1. The molecule has 2 heterocycles. The molecule has 2 N–H and O–H groups in total. The number of rotatable bonds is 5. The normalized spacial score (nSPS) is 16.8. The van der Waals surface area contributed by atoms with Crippen LogP contribution < -0.4 is 5.73 Å². The predicted molar refractivity (Wildman–Crippen MR) is 101 cm³/mol. The lowest BCUT2D eigenvalue weighted by Crippen LogP contribution is -2.45. The first-order valence-electron chi connectivity index (χ1n) is 8.39. The van der Waals surface area contributed by atoms with Gasteiger partial charge < -0.3 is 15.4 Å². The second-order valence-corrected chi connectivity index (χ2v) is 7.50. The summed E-state index contributed by atoms with van der Waals surface area (Å²) in [6, 6.07) is 7.15. The van der Waals surface area contributed by atoms with Gasteiger partial charge in [-0.2, -0.15) is 0 Å². The average Bonchev–Trinajstić information content (AvgIpc) is 3.16. The first kappa shape index (κ1) is 19.3. The van der Waals surface area contributed by atoms with E-state index in [-0.39, 0.29) is 24.1 Å². The van der Waals surface area contributed by atoms with Crippen molar-refractivity contribution in [2.75, 3.05) is 19.7 Å². The Bertz CT molecular complexity index is 870. The van der Waals surface area contributed by atoms with Gasteiger partial charge in [0.15, 0.2) is 12.3 Å². The zero-order chi connectivity index (χ0) is 19.4. The van der Waals surface area contributed by atoms with E-state index in [1.165, 1.54) is 16.2 Å². The Kier molecular flexibility index (Phi) is 6.08. The fourth-order valence-corrected chi connectivity index (χ4v) is 3.83. The molecule has 9 heteroatoms. The molecule has 7 nitrogen and oxygen atoms in total. The molecule has 1 fully saturated rings. The van der Waals surface area contributed by atoms with Crippen LogP contribution in [-0.4, -0.2) is 47.4 Å². The summed E-state index contributed by atoms with van der Waals surface area (Å²) in [7, 11) is 0. The molecule has 3 rings (SSSR count). The van der Waals surface area contributed by atoms with E-state index >= 15 is 0 Å². The predicted octanol–water partition coefficient (Wildman–Crippen LogP) is 2.34. The number of nitrogens with two attached hydrogens (primary N) is 1. The topological polar surface area (TPSA) is 103 Å². The first-order valence-corrected chi connectivity index (χ1v) is 9.65. The van der Waals surface area contributed by atoms with Crippen molar-refractivity contribution in [2.24, 2.45) is 11.7 Å². The van der Waals surface area contributed by atoms with Gasteiger partial charge in [0.2, 0.25) is 5.91 Å². The lowest BCUT2D eigenvalue weighted by Gasteiger charge is -2.30. The molecule has 1 aromatic carbocycles. The summed E-state index contributed by atoms with van der Waals surface area (Å²) >= 11 is 7.25. The molecule has 2 amide bonds. The van der Waals surface area contributed by atoms with Crippen LogP contribution in [0.1, 0.15) is 23.3 Å². The van der Waals surface area contributed by atoms with Crippen LogP contribution in [0.3, 0.4) is 0 Å². The maximum Gasteiger partial charge on any atom is 0.358 e. The summed E-state index contributed by atoms with van der Waals surface area (Å²) in [5.41, 5.74) is 6.24. The number of aromatic nitrogens is 1. The van der Waals surface area contributed by atoms with E-state index in [2.05, 4.69) is 4.98 Å². The Labute approximate surface area is 165 Å². The quantitative estimate of drug-likeness (QED) is 0.766. The summed E-state index contributed by atoms with van der Waals surface area (Å²) in [5, 5.41) is 2.79. The standard InChI is InChI=1S/C18H18ClN3O4S/c19-13-5-1-3-11(7-13)17-21-14(10-27-17)18(25)26-9-15(23)22-6-2-4-12(8-22)16(20)24/h1,3,5,7,10,12H,2,4,6,8-9H2,(H2,20,24)/t12-/m0/s1. The molecular weight excluding hydrogens is 390 g/mol. The van der Waals surface area contributed by atoms with Crippen LogP contribution >= 0.6 is 22.9 Å². The number of halogens is 1. The number of hydrogen-bond donors (Lipinski definition) is 1. The third kappa shape index (κ3) is 4.84. The Balaban J connectivity index is 1.56. The number of ether oxygens (including phenoxy) is 1. The highest BCUT2D eigenvalue weighted by Crippen LogP contribution is 2.26. The van der Waals surface area contributed by atoms with Crippen molar-refractivity contribution < 1.29 is 19.1 Å². The van der Waals surface area contributed by atoms with Gasteiger partial charge in [0, 0.05) is 29.1 Å². The Morgan fingerprint density at radius 2 is 2.19 bits per heavy atom. The van der Waals surface area contributed by atoms with Crippen LogP contribution in [0.15, 0.2) is 29.6 Å². The molecule has 0 spiro atoms. The molecule has 0 aliphatic carbocycles. The van der Waals surface area contributed by atoms with Crippen molar-refractivity contribution in [2.45, 2.75) is 12.8 Å². The van der Waals surface area contributed by atoms with Crippen LogP contribution in [0.25, 0.3) is 10.6 Å². The fourth-order valence-electron chi connectivity index (χ4n) is 2.85. The third-order valence-electron chi connectivity index (χ3n) is 4.29. The van der Waals surface area contributed by atoms with Gasteiger partial charge in [0.05, 0.1) is 5.92 Å². The Morgan fingerprint density at radius 3 is 2.93 bits per heavy atom. The number of primary amides is 1. The first-order chi connectivity index (χ1) is 12.9. The number of thiazole rings is 1. The number of carbonyl (C=O) groups is 3. The maximum absolute atomic E-state index is 12.2. The van der Waals surface area contributed by atoms with Crippen molar-refractivity contribution in [3.63, 3.8) is 0 Å². The van der Waals surface area contributed by atoms with Crippen molar-refractivity contribution in [1.82, 2.24) is 9.88 Å². The smallest absolute Gasteiger partial charge is 0.358 e. The zero-order valence-electron chi connectivity index (χ0n) is 14.4. The molecule has 1 aliphatic rings. The molecule has 0 radical (unpaired) electrons. The molecule has 2 aromatic rings. The summed E-state index contributed by atoms with van der Waals surface area (Å²) in [6.45, 7) is 0.394. The number of nitrogens with zero attached hydrogens (tertiary/aromatic N) is 2. The monoisotopic (exact) mass is 407 g/mol. The van der Waals surface area contributed by atoms with Crippen LogP contribution in [0, 0.1) is 5.92 Å². The molecule has 0 unspecified atom stereocenters. The van der Waals surface area contributed by atoms with Crippen molar-refractivity contribution in [3.05, 3.63) is 40.4 Å². The number of likely N-dealkylation sites (tertiary alicyclic amines) is 1. The largest absolute Gasteiger partial charge is 0.451 e. The summed E-state index contributed by atoms with van der Waals surface area (Å²) in [4.78, 5) is 41.4. The van der Waals surface area contributed by atoms with Crippen LogP contribution in [0.2, 0.25) is 5.02 Å². The second-order valence-electron chi connectivity index (χ2n) is 6.21. The second kappa shape index (κ2) is 8.49. The van der Waals surface area contributed by atoms with Crippen molar-refractivity contribution in [3.8, 4) is 10.6 Å². The van der Waals surface area contributed by atoms with Crippen molar-refractivity contribution >= 4 is 40.7 Å². The lowest BCUT2D eigenvalue weighted by molar-refractivity contribution is -0.137. The van der Waals surface area contributed by atoms with Crippen LogP contribution in [-0.2, 0) is 14.3 Å². The van der Waals surface area contributed by atoms with Gasteiger partial charge in [-0.15, -0.1) is 11.3 Å². The number of amides is 2. The molecule has 1 aromatic heterocycles. The van der Waals surface area contributed by atoms with Crippen LogP contribution in [0.4, 0.5) is 0 Å². The van der Waals surface area contributed by atoms with E-state index in [9.17, 15) is 14.4 Å². The molecule has 0 bridgehead atoms. The summed E-state index contributed by atoms with van der Waals surface area (Å²) in [5.74, 6) is -1.78. The zero-order valence-corrected chi connectivity index (χ0v) is 16.0. The Morgan fingerprint density at radius 1 is 1.37 bits per heavy atom. The minimum Gasteiger partial charge on any atom is -0.451 e. The van der Waals surface area contributed by atoms with E-state index in [0.717, 1.165) is 5.56 Å². The maximum atomic E-state index is 12.2. The molecule has 142 valence electrons. The highest BCUT2D eigenvalue weighted by atomic mass is 35.5. The molecule has 0 saturated carbocycles. The number of esters is 1. The van der Waals surface area contributed by atoms with Gasteiger partial charge in [-0.1, -0.05) is 23.7 Å². The fraction of sp³-hybridized carbons (Fsp3) is 0.333. The van der Waals surface area contributed by atoms with Crippen LogP contribution in [0.5, 0.6) is 0 Å². The van der Waals surface area contributed by atoms with E-state index < -0.39 is 18.5 Å². The van der Waals surface area contributed by atoms with E-state index in [4.69, 9.17) is 22.1 Å². The van der Waals surface area contributed by atoms with Crippen molar-refractivity contribution in [1.29, 1.82) is 0 Å². The highest BCUT2D eigenvalue weighted by Gasteiger charge is 2.27. The highest BCUT2D eigenvalue weighted by molar-refractivity contribution is 7.13. The number of carbonyl (C=O) groups excluding carboxylic acids is 3. The van der Waals surface area contributed by atoms with Gasteiger partial charge in [-0.3, -0.25) is 9.59 Å². The molecular formula is C18H18ClN3O4S. The minimum absolute atomic E-state index is 0.136. The average molecular weight is 408 g/mol. The molecule has 1 atom stereocenters. The molecule has 27 heavy (non-hydrogen) atoms. The Hall–Kier alpha value is -2.45. The number of benzene rings is 1. The minimum atomic E-state index is -0.670. The van der Waals surface area contributed by atoms with Gasteiger partial charge in [-0.25, -0.2) is 9.78 Å². The number of hydrogen-bond acceptors (Lipinski definition) is 6. The van der Waals surface area contributed by atoms with E-state index in [0.29, 0.717) is 29.4 Å². The van der Waals surface area contributed by atoms with Gasteiger partial charge in [-0.05, 0) is 25.0 Å². The third-order valence-corrected chi connectivity index (χ3v) is 5.41. The molecule has 1 saturated heterocycles. The summed E-state index contributed by atoms with van der Waals surface area (Å²) < 4.78 is 5.08.